The minimum Gasteiger partial charge on any atom is -0.497 e. The largest absolute Gasteiger partial charge is 0.497 e. The molecule has 0 aliphatic rings. The molecule has 2 aromatic carbocycles. The van der Waals surface area contributed by atoms with Crippen LogP contribution in [0.15, 0.2) is 51.7 Å². The molecular weight excluding hydrogens is 350 g/mol. The van der Waals surface area contributed by atoms with Crippen molar-refractivity contribution in [3.05, 3.63) is 58.4 Å². The van der Waals surface area contributed by atoms with Crippen molar-refractivity contribution in [1.82, 2.24) is 0 Å². The molecule has 0 fully saturated rings. The Balaban J connectivity index is 1.69. The lowest BCUT2D eigenvalue weighted by atomic mass is 10.1. The molecule has 0 spiro atoms. The summed E-state index contributed by atoms with van der Waals surface area (Å²) < 4.78 is 21.0. The van der Waals surface area contributed by atoms with Crippen molar-refractivity contribution in [2.75, 3.05) is 26.1 Å². The summed E-state index contributed by atoms with van der Waals surface area (Å²) in [5, 5.41) is 3.53. The lowest BCUT2D eigenvalue weighted by Crippen LogP contribution is -2.20. The molecule has 0 saturated heterocycles. The van der Waals surface area contributed by atoms with Gasteiger partial charge in [-0.25, -0.2) is 4.79 Å². The van der Waals surface area contributed by atoms with Gasteiger partial charge in [-0.3, -0.25) is 4.79 Å². The number of nitrogens with one attached hydrogen (secondary N) is 1. The summed E-state index contributed by atoms with van der Waals surface area (Å²) in [6.07, 6.45) is 0. The molecule has 0 radical (unpaired) electrons. The number of amides is 1. The van der Waals surface area contributed by atoms with Gasteiger partial charge in [0.15, 0.2) is 6.61 Å². The smallest absolute Gasteiger partial charge is 0.336 e. The Bertz CT molecular complexity index is 1020. The van der Waals surface area contributed by atoms with Crippen molar-refractivity contribution >= 4 is 22.6 Å². The molecule has 1 aromatic heterocycles. The minimum absolute atomic E-state index is 0.207. The van der Waals surface area contributed by atoms with E-state index in [1.807, 2.05) is 6.92 Å². The van der Waals surface area contributed by atoms with E-state index in [9.17, 15) is 9.59 Å². The molecule has 27 heavy (non-hydrogen) atoms. The van der Waals surface area contributed by atoms with Crippen LogP contribution in [0.4, 0.5) is 5.69 Å². The predicted octanol–water partition coefficient (Wildman–Crippen LogP) is 3.14. The van der Waals surface area contributed by atoms with Gasteiger partial charge in [-0.1, -0.05) is 0 Å². The van der Waals surface area contributed by atoms with Gasteiger partial charge in [0.05, 0.1) is 14.2 Å². The third kappa shape index (κ3) is 4.38. The minimum atomic E-state index is -0.429. The summed E-state index contributed by atoms with van der Waals surface area (Å²) >= 11 is 0. The van der Waals surface area contributed by atoms with Crippen LogP contribution >= 0.6 is 0 Å². The van der Waals surface area contributed by atoms with Crippen LogP contribution in [0.1, 0.15) is 5.56 Å². The monoisotopic (exact) mass is 369 g/mol. The van der Waals surface area contributed by atoms with Crippen LogP contribution in [0.2, 0.25) is 0 Å². The first kappa shape index (κ1) is 18.3. The lowest BCUT2D eigenvalue weighted by molar-refractivity contribution is -0.118. The molecule has 1 amide bonds. The van der Waals surface area contributed by atoms with E-state index in [4.69, 9.17) is 18.6 Å². The number of carbonyl (C=O) groups excluding carboxylic acids is 1. The maximum absolute atomic E-state index is 12.2. The molecule has 0 bridgehead atoms. The van der Waals surface area contributed by atoms with E-state index in [0.29, 0.717) is 28.5 Å². The van der Waals surface area contributed by atoms with Gasteiger partial charge in [-0.05, 0) is 24.6 Å². The molecule has 3 aromatic rings. The fourth-order valence-corrected chi connectivity index (χ4v) is 2.62. The van der Waals surface area contributed by atoms with Gasteiger partial charge in [0.1, 0.15) is 22.8 Å². The second-order valence-corrected chi connectivity index (χ2v) is 5.84. The van der Waals surface area contributed by atoms with Crippen molar-refractivity contribution < 1.29 is 23.4 Å². The van der Waals surface area contributed by atoms with Crippen LogP contribution in [0.3, 0.4) is 0 Å². The zero-order chi connectivity index (χ0) is 19.4. The highest BCUT2D eigenvalue weighted by molar-refractivity contribution is 5.92. The van der Waals surface area contributed by atoms with Gasteiger partial charge < -0.3 is 23.9 Å². The number of benzene rings is 2. The summed E-state index contributed by atoms with van der Waals surface area (Å²) in [5.41, 5.74) is 1.33. The third-order valence-electron chi connectivity index (χ3n) is 3.93. The van der Waals surface area contributed by atoms with Gasteiger partial charge in [-0.15, -0.1) is 0 Å². The summed E-state index contributed by atoms with van der Waals surface area (Å²) in [6.45, 7) is 1.62. The summed E-state index contributed by atoms with van der Waals surface area (Å²) in [7, 11) is 3.06. The van der Waals surface area contributed by atoms with Crippen molar-refractivity contribution in [3.63, 3.8) is 0 Å². The van der Waals surface area contributed by atoms with E-state index in [-0.39, 0.29) is 12.5 Å². The highest BCUT2D eigenvalue weighted by Gasteiger charge is 2.09. The first-order valence-electron chi connectivity index (χ1n) is 8.19. The van der Waals surface area contributed by atoms with Gasteiger partial charge in [-0.2, -0.15) is 0 Å². The van der Waals surface area contributed by atoms with Crippen LogP contribution in [-0.4, -0.2) is 26.7 Å². The van der Waals surface area contributed by atoms with E-state index in [2.05, 4.69) is 5.32 Å². The van der Waals surface area contributed by atoms with Crippen LogP contribution in [0, 0.1) is 6.92 Å². The van der Waals surface area contributed by atoms with E-state index in [1.165, 1.54) is 20.3 Å². The zero-order valence-corrected chi connectivity index (χ0v) is 15.2. The number of ether oxygens (including phenoxy) is 3. The summed E-state index contributed by atoms with van der Waals surface area (Å²) in [5.74, 6) is 1.20. The molecule has 0 unspecified atom stereocenters. The van der Waals surface area contributed by atoms with Crippen molar-refractivity contribution in [1.29, 1.82) is 0 Å². The number of aryl methyl sites for hydroxylation is 1. The molecule has 0 aliphatic carbocycles. The molecule has 0 saturated carbocycles. The second-order valence-electron chi connectivity index (χ2n) is 5.84. The van der Waals surface area contributed by atoms with Gasteiger partial charge >= 0.3 is 5.63 Å². The maximum Gasteiger partial charge on any atom is 0.336 e. The molecule has 140 valence electrons. The number of rotatable bonds is 6. The van der Waals surface area contributed by atoms with Gasteiger partial charge in [0.25, 0.3) is 5.91 Å². The molecule has 0 aliphatic heterocycles. The fraction of sp³-hybridized carbons (Fsp3) is 0.200. The van der Waals surface area contributed by atoms with Crippen molar-refractivity contribution in [3.8, 4) is 17.2 Å². The highest BCUT2D eigenvalue weighted by Crippen LogP contribution is 2.26. The van der Waals surface area contributed by atoms with Crippen LogP contribution in [0.25, 0.3) is 11.0 Å². The van der Waals surface area contributed by atoms with Crippen molar-refractivity contribution in [2.24, 2.45) is 0 Å². The van der Waals surface area contributed by atoms with Gasteiger partial charge in [0, 0.05) is 41.4 Å². The van der Waals surface area contributed by atoms with E-state index in [1.54, 1.807) is 36.4 Å². The number of hydrogen-bond donors (Lipinski definition) is 1. The third-order valence-corrected chi connectivity index (χ3v) is 3.93. The first-order valence-corrected chi connectivity index (χ1v) is 8.19. The standard InChI is InChI=1S/C20H19NO6/c1-12-6-20(23)27-18-10-14(4-5-17(12)18)26-11-19(22)21-13-7-15(24-2)9-16(8-13)25-3/h4-10H,11H2,1-3H3,(H,21,22). The first-order chi connectivity index (χ1) is 13.0. The Morgan fingerprint density at radius 1 is 1.00 bits per heavy atom. The fourth-order valence-electron chi connectivity index (χ4n) is 2.62. The quantitative estimate of drug-likeness (QED) is 0.672. The summed E-state index contributed by atoms with van der Waals surface area (Å²) in [4.78, 5) is 23.7. The zero-order valence-electron chi connectivity index (χ0n) is 15.2. The van der Waals surface area contributed by atoms with E-state index in [0.717, 1.165) is 10.9 Å². The maximum atomic E-state index is 12.2. The lowest BCUT2D eigenvalue weighted by Gasteiger charge is -2.11. The SMILES string of the molecule is COc1cc(NC(=O)COc2ccc3c(C)cc(=O)oc3c2)cc(OC)c1. The van der Waals surface area contributed by atoms with Crippen LogP contribution in [0.5, 0.6) is 17.2 Å². The highest BCUT2D eigenvalue weighted by atomic mass is 16.5. The topological polar surface area (TPSA) is 87.0 Å². The molecule has 7 nitrogen and oxygen atoms in total. The Labute approximate surface area is 155 Å². The predicted molar refractivity (Wildman–Crippen MR) is 101 cm³/mol. The Kier molecular flexibility index (Phi) is 5.30. The summed E-state index contributed by atoms with van der Waals surface area (Å²) in [6, 6.07) is 11.6. The molecule has 0 atom stereocenters. The Morgan fingerprint density at radius 3 is 2.37 bits per heavy atom. The number of carbonyl (C=O) groups is 1. The number of fused-ring (bicyclic) bond motifs is 1. The Morgan fingerprint density at radius 2 is 1.70 bits per heavy atom. The molecular formula is C20H19NO6. The number of anilines is 1. The Hall–Kier alpha value is -3.48. The average Bonchev–Trinajstić information content (AvgIpc) is 2.65. The number of hydrogen-bond acceptors (Lipinski definition) is 6. The van der Waals surface area contributed by atoms with E-state index < -0.39 is 5.63 Å². The average molecular weight is 369 g/mol. The van der Waals surface area contributed by atoms with Crippen molar-refractivity contribution in [2.45, 2.75) is 6.92 Å². The molecule has 3 rings (SSSR count). The molecule has 1 heterocycles. The number of methoxy groups -OCH3 is 2. The van der Waals surface area contributed by atoms with Gasteiger partial charge in [0.2, 0.25) is 0 Å². The van der Waals surface area contributed by atoms with Crippen LogP contribution in [-0.2, 0) is 4.79 Å². The van der Waals surface area contributed by atoms with Crippen LogP contribution < -0.4 is 25.2 Å². The molecule has 7 heteroatoms. The second kappa shape index (κ2) is 7.82. The molecule has 1 N–H and O–H groups in total. The normalized spacial score (nSPS) is 10.5. The van der Waals surface area contributed by atoms with E-state index >= 15 is 0 Å².